The van der Waals surface area contributed by atoms with E-state index in [1.807, 2.05) is 0 Å². The molecule has 0 aliphatic rings. The Bertz CT molecular complexity index is 380. The zero-order valence-electron chi connectivity index (χ0n) is 15.5. The van der Waals surface area contributed by atoms with Gasteiger partial charge in [-0.3, -0.25) is 4.79 Å². The Morgan fingerprint density at radius 3 is 1.82 bits per heavy atom. The standard InChI is InChI=1S/C15H31NO4S.Na.H/c1-3-4-5-6-7-8-9-10-11-12-13-14(2)15(17)21(18,19)20-16;;/h14H,3-13,16H2,1-2H3;;/q;+1;-1. The van der Waals surface area contributed by atoms with E-state index in [4.69, 9.17) is 0 Å². The van der Waals surface area contributed by atoms with Gasteiger partial charge in [-0.2, -0.15) is 18.6 Å². The Balaban J connectivity index is -0.00000200. The summed E-state index contributed by atoms with van der Waals surface area (Å²) in [5, 5.41) is -0.916. The maximum absolute atomic E-state index is 11.5. The summed E-state index contributed by atoms with van der Waals surface area (Å²) < 4.78 is 26.0. The van der Waals surface area contributed by atoms with Crippen molar-refractivity contribution in [3.63, 3.8) is 0 Å². The molecule has 0 aromatic rings. The van der Waals surface area contributed by atoms with Crippen LogP contribution in [-0.2, 0) is 19.2 Å². The molecule has 0 saturated heterocycles. The van der Waals surface area contributed by atoms with Crippen molar-refractivity contribution in [3.05, 3.63) is 0 Å². The van der Waals surface area contributed by atoms with Gasteiger partial charge < -0.3 is 1.43 Å². The van der Waals surface area contributed by atoms with Crippen LogP contribution in [0.3, 0.4) is 0 Å². The number of carbonyl (C=O) groups excluding carboxylic acids is 1. The van der Waals surface area contributed by atoms with Crippen molar-refractivity contribution < 1.29 is 48.5 Å². The van der Waals surface area contributed by atoms with Gasteiger partial charge in [0, 0.05) is 5.92 Å². The van der Waals surface area contributed by atoms with E-state index in [2.05, 4.69) is 17.1 Å². The summed E-state index contributed by atoms with van der Waals surface area (Å²) in [4.78, 5) is 11.5. The minimum absolute atomic E-state index is 0. The van der Waals surface area contributed by atoms with Crippen molar-refractivity contribution in [1.82, 2.24) is 0 Å². The number of hydrogen-bond acceptors (Lipinski definition) is 5. The third-order valence-electron chi connectivity index (χ3n) is 3.77. The van der Waals surface area contributed by atoms with Crippen molar-refractivity contribution >= 4 is 15.2 Å². The van der Waals surface area contributed by atoms with Crippen LogP contribution >= 0.6 is 0 Å². The van der Waals surface area contributed by atoms with E-state index in [1.54, 1.807) is 6.92 Å². The molecule has 0 radical (unpaired) electrons. The van der Waals surface area contributed by atoms with Crippen LogP contribution in [0.2, 0.25) is 0 Å². The first-order valence-corrected chi connectivity index (χ1v) is 9.53. The number of hydrogen-bond donors (Lipinski definition) is 1. The first-order chi connectivity index (χ1) is 9.95. The van der Waals surface area contributed by atoms with Crippen molar-refractivity contribution in [3.8, 4) is 0 Å². The summed E-state index contributed by atoms with van der Waals surface area (Å²) in [6, 6.07) is 0. The van der Waals surface area contributed by atoms with E-state index in [-0.39, 0.29) is 31.0 Å². The maximum Gasteiger partial charge on any atom is 1.00 e. The zero-order valence-corrected chi connectivity index (χ0v) is 17.3. The van der Waals surface area contributed by atoms with Gasteiger partial charge in [0.2, 0.25) is 0 Å². The fourth-order valence-electron chi connectivity index (χ4n) is 2.35. The summed E-state index contributed by atoms with van der Waals surface area (Å²) >= 11 is 0. The van der Waals surface area contributed by atoms with Crippen LogP contribution < -0.4 is 35.5 Å². The van der Waals surface area contributed by atoms with Gasteiger partial charge in [-0.1, -0.05) is 78.1 Å². The molecule has 1 unspecified atom stereocenters. The summed E-state index contributed by atoms with van der Waals surface area (Å²) in [5.41, 5.74) is 0. The Morgan fingerprint density at radius 2 is 1.41 bits per heavy atom. The molecule has 0 bridgehead atoms. The Labute approximate surface area is 159 Å². The molecule has 0 aromatic heterocycles. The number of carbonyl (C=O) groups is 1. The molecular weight excluding hydrogens is 313 g/mol. The van der Waals surface area contributed by atoms with Crippen LogP contribution in [0, 0.1) is 5.92 Å². The van der Waals surface area contributed by atoms with Gasteiger partial charge in [0.05, 0.1) is 0 Å². The van der Waals surface area contributed by atoms with Gasteiger partial charge in [-0.25, -0.2) is 0 Å². The van der Waals surface area contributed by atoms with Crippen LogP contribution in [0.1, 0.15) is 85.9 Å². The van der Waals surface area contributed by atoms with E-state index in [9.17, 15) is 13.2 Å². The Hall–Kier alpha value is 0.540. The smallest absolute Gasteiger partial charge is 1.00 e. The molecule has 2 N–H and O–H groups in total. The molecular formula is C15H32NNaO4S. The first kappa shape index (κ1) is 24.8. The summed E-state index contributed by atoms with van der Waals surface area (Å²) in [6.45, 7) is 3.82. The minimum atomic E-state index is -4.22. The Morgan fingerprint density at radius 1 is 1.00 bits per heavy atom. The van der Waals surface area contributed by atoms with Gasteiger partial charge in [-0.05, 0) is 6.42 Å². The zero-order chi connectivity index (χ0) is 16.1. The molecule has 0 fully saturated rings. The van der Waals surface area contributed by atoms with Gasteiger partial charge in [0.1, 0.15) is 0 Å². The van der Waals surface area contributed by atoms with E-state index in [0.717, 1.165) is 19.3 Å². The molecule has 1 atom stereocenters. The molecule has 128 valence electrons. The second kappa shape index (κ2) is 15.1. The van der Waals surface area contributed by atoms with E-state index < -0.39 is 21.2 Å². The largest absolute Gasteiger partial charge is 1.00 e. The minimum Gasteiger partial charge on any atom is -1.00 e. The summed E-state index contributed by atoms with van der Waals surface area (Å²) in [7, 11) is -4.22. The van der Waals surface area contributed by atoms with Crippen molar-refractivity contribution in [2.24, 2.45) is 11.8 Å². The van der Waals surface area contributed by atoms with Crippen LogP contribution in [0.15, 0.2) is 0 Å². The van der Waals surface area contributed by atoms with Crippen molar-refractivity contribution in [2.45, 2.75) is 84.5 Å². The van der Waals surface area contributed by atoms with Crippen LogP contribution in [0.25, 0.3) is 0 Å². The second-order valence-corrected chi connectivity index (χ2v) is 7.24. The number of rotatable bonds is 13. The van der Waals surface area contributed by atoms with Gasteiger partial charge >= 0.3 is 39.7 Å². The normalized spacial score (nSPS) is 12.7. The van der Waals surface area contributed by atoms with Crippen LogP contribution in [0.5, 0.6) is 0 Å². The molecule has 0 spiro atoms. The van der Waals surface area contributed by atoms with Crippen molar-refractivity contribution in [2.75, 3.05) is 0 Å². The fraction of sp³-hybridized carbons (Fsp3) is 0.933. The molecule has 0 amide bonds. The molecule has 0 saturated carbocycles. The number of unbranched alkanes of at least 4 members (excludes halogenated alkanes) is 9. The molecule has 5 nitrogen and oxygen atoms in total. The quantitative estimate of drug-likeness (QED) is 0.303. The molecule has 0 rings (SSSR count). The molecule has 0 aliphatic heterocycles. The van der Waals surface area contributed by atoms with Crippen LogP contribution in [-0.4, -0.2) is 13.5 Å². The number of nitrogens with two attached hydrogens (primary N) is 1. The first-order valence-electron chi connectivity index (χ1n) is 8.13. The van der Waals surface area contributed by atoms with E-state index in [1.165, 1.54) is 44.9 Å². The van der Waals surface area contributed by atoms with Gasteiger partial charge in [0.25, 0.3) is 5.12 Å². The van der Waals surface area contributed by atoms with Crippen molar-refractivity contribution in [1.29, 1.82) is 0 Å². The average molecular weight is 345 g/mol. The topological polar surface area (TPSA) is 86.5 Å². The summed E-state index contributed by atoms with van der Waals surface area (Å²) in [5.74, 6) is 4.04. The predicted molar refractivity (Wildman–Crippen MR) is 85.9 cm³/mol. The molecule has 0 heterocycles. The summed E-state index contributed by atoms with van der Waals surface area (Å²) in [6.07, 6.45) is 12.7. The van der Waals surface area contributed by atoms with Gasteiger partial charge in [-0.15, -0.1) is 0 Å². The molecule has 7 heteroatoms. The van der Waals surface area contributed by atoms with E-state index in [0.29, 0.717) is 6.42 Å². The van der Waals surface area contributed by atoms with Gasteiger partial charge in [0.15, 0.2) is 0 Å². The van der Waals surface area contributed by atoms with E-state index >= 15 is 0 Å². The average Bonchev–Trinajstić information content (AvgIpc) is 2.48. The monoisotopic (exact) mass is 345 g/mol. The van der Waals surface area contributed by atoms with Crippen LogP contribution in [0.4, 0.5) is 0 Å². The molecule has 0 aromatic carbocycles. The molecule has 0 aliphatic carbocycles. The third-order valence-corrected chi connectivity index (χ3v) is 4.91. The maximum atomic E-state index is 11.5. The Kier molecular flexibility index (Phi) is 17.0. The fourth-order valence-corrected chi connectivity index (χ4v) is 3.06. The predicted octanol–water partition coefficient (Wildman–Crippen LogP) is 0.797. The third kappa shape index (κ3) is 12.0. The molecule has 22 heavy (non-hydrogen) atoms. The second-order valence-electron chi connectivity index (χ2n) is 5.74. The SMILES string of the molecule is CCCCCCCCCCCCC(C)C(=O)S(=O)(=O)ON.[H-].[Na+].